The highest BCUT2D eigenvalue weighted by Crippen LogP contribution is 2.26. The first-order chi connectivity index (χ1) is 16.9. The van der Waals surface area contributed by atoms with Gasteiger partial charge in [0.15, 0.2) is 0 Å². The molecule has 0 radical (unpaired) electrons. The molecule has 1 saturated heterocycles. The molecule has 4 aromatic rings. The van der Waals surface area contributed by atoms with Crippen LogP contribution in [0.1, 0.15) is 15.9 Å². The number of fused-ring (bicyclic) bond motifs is 1. The van der Waals surface area contributed by atoms with E-state index in [0.29, 0.717) is 24.2 Å². The Labute approximate surface area is 205 Å². The maximum Gasteiger partial charge on any atom is 0.262 e. The average molecular weight is 486 g/mol. The van der Waals surface area contributed by atoms with Crippen molar-refractivity contribution in [2.24, 2.45) is 0 Å². The van der Waals surface area contributed by atoms with Gasteiger partial charge in [0.05, 0.1) is 4.90 Å². The minimum atomic E-state index is -3.73. The number of benzene rings is 4. The predicted octanol–water partition coefficient (Wildman–Crippen LogP) is 4.91. The van der Waals surface area contributed by atoms with Crippen LogP contribution in [0.5, 0.6) is 0 Å². The van der Waals surface area contributed by atoms with Gasteiger partial charge in [-0.15, -0.1) is 0 Å². The number of hydrogen-bond acceptors (Lipinski definition) is 4. The summed E-state index contributed by atoms with van der Waals surface area (Å²) in [6.45, 7) is 4.68. The molecule has 0 aromatic heterocycles. The van der Waals surface area contributed by atoms with Crippen LogP contribution in [0.15, 0.2) is 95.9 Å². The van der Waals surface area contributed by atoms with Crippen molar-refractivity contribution in [2.75, 3.05) is 35.8 Å². The van der Waals surface area contributed by atoms with E-state index in [9.17, 15) is 13.2 Å². The van der Waals surface area contributed by atoms with E-state index in [1.165, 1.54) is 0 Å². The molecule has 1 amide bonds. The standard InChI is InChI=1S/C28H27N3O3S/c1-21-7-2-4-10-25(21)28(32)31-19-17-30(18-20-31)24-15-13-23(14-16-24)29-35(33,34)27-12-6-9-22-8-3-5-11-26(22)27/h2-16,29H,17-20H2,1H3. The first-order valence-electron chi connectivity index (χ1n) is 11.6. The van der Waals surface area contributed by atoms with E-state index in [0.717, 1.165) is 35.3 Å². The molecule has 0 unspecified atom stereocenters. The van der Waals surface area contributed by atoms with E-state index in [2.05, 4.69) is 9.62 Å². The maximum absolute atomic E-state index is 13.1. The van der Waals surface area contributed by atoms with Crippen LogP contribution < -0.4 is 9.62 Å². The molecular weight excluding hydrogens is 458 g/mol. The van der Waals surface area contributed by atoms with E-state index >= 15 is 0 Å². The number of piperazine rings is 1. The van der Waals surface area contributed by atoms with Crippen LogP contribution in [0.2, 0.25) is 0 Å². The van der Waals surface area contributed by atoms with Gasteiger partial charge in [-0.05, 0) is 54.3 Å². The van der Waals surface area contributed by atoms with E-state index in [1.807, 2.05) is 78.6 Å². The van der Waals surface area contributed by atoms with Crippen molar-refractivity contribution in [3.8, 4) is 0 Å². The lowest BCUT2D eigenvalue weighted by Gasteiger charge is -2.36. The molecule has 0 saturated carbocycles. The lowest BCUT2D eigenvalue weighted by atomic mass is 10.1. The Kier molecular flexibility index (Phi) is 6.17. The number of hydrogen-bond donors (Lipinski definition) is 1. The van der Waals surface area contributed by atoms with Crippen molar-refractivity contribution in [3.63, 3.8) is 0 Å². The van der Waals surface area contributed by atoms with Crippen LogP contribution in [0.3, 0.4) is 0 Å². The SMILES string of the molecule is Cc1ccccc1C(=O)N1CCN(c2ccc(NS(=O)(=O)c3cccc4ccccc34)cc2)CC1. The van der Waals surface area contributed by atoms with E-state index in [-0.39, 0.29) is 10.8 Å². The molecular formula is C28H27N3O3S. The Bertz CT molecular complexity index is 1470. The van der Waals surface area contributed by atoms with Crippen LogP contribution in [0, 0.1) is 6.92 Å². The van der Waals surface area contributed by atoms with Crippen molar-refractivity contribution < 1.29 is 13.2 Å². The molecule has 35 heavy (non-hydrogen) atoms. The van der Waals surface area contributed by atoms with Gasteiger partial charge in [0.1, 0.15) is 0 Å². The Balaban J connectivity index is 1.25. The minimum absolute atomic E-state index is 0.0703. The largest absolute Gasteiger partial charge is 0.368 e. The Morgan fingerprint density at radius 1 is 0.771 bits per heavy atom. The number of nitrogens with one attached hydrogen (secondary N) is 1. The number of carbonyl (C=O) groups excluding carboxylic acids is 1. The number of nitrogens with zero attached hydrogens (tertiary/aromatic N) is 2. The molecule has 1 aliphatic heterocycles. The second kappa shape index (κ2) is 9.43. The van der Waals surface area contributed by atoms with Gasteiger partial charge in [0, 0.05) is 48.5 Å². The normalized spacial score (nSPS) is 14.2. The number of carbonyl (C=O) groups is 1. The molecule has 0 atom stereocenters. The van der Waals surface area contributed by atoms with Crippen LogP contribution in [-0.2, 0) is 10.0 Å². The number of aryl methyl sites for hydroxylation is 1. The number of amides is 1. The summed E-state index contributed by atoms with van der Waals surface area (Å²) in [6.07, 6.45) is 0. The van der Waals surface area contributed by atoms with Gasteiger partial charge in [-0.2, -0.15) is 0 Å². The van der Waals surface area contributed by atoms with Gasteiger partial charge in [0.25, 0.3) is 15.9 Å². The summed E-state index contributed by atoms with van der Waals surface area (Å²) in [5, 5.41) is 1.57. The van der Waals surface area contributed by atoms with Gasteiger partial charge in [-0.3, -0.25) is 9.52 Å². The van der Waals surface area contributed by atoms with Gasteiger partial charge in [0.2, 0.25) is 0 Å². The lowest BCUT2D eigenvalue weighted by molar-refractivity contribution is 0.0746. The molecule has 7 heteroatoms. The molecule has 1 fully saturated rings. The molecule has 1 N–H and O–H groups in total. The zero-order chi connectivity index (χ0) is 24.4. The fourth-order valence-corrected chi connectivity index (χ4v) is 5.82. The van der Waals surface area contributed by atoms with Gasteiger partial charge >= 0.3 is 0 Å². The van der Waals surface area contributed by atoms with Crippen molar-refractivity contribution in [2.45, 2.75) is 11.8 Å². The summed E-state index contributed by atoms with van der Waals surface area (Å²) in [4.78, 5) is 17.2. The van der Waals surface area contributed by atoms with Crippen LogP contribution in [-0.4, -0.2) is 45.4 Å². The average Bonchev–Trinajstić information content (AvgIpc) is 2.88. The van der Waals surface area contributed by atoms with Crippen molar-refractivity contribution in [1.29, 1.82) is 0 Å². The van der Waals surface area contributed by atoms with E-state index in [4.69, 9.17) is 0 Å². The predicted molar refractivity (Wildman–Crippen MR) is 140 cm³/mol. The lowest BCUT2D eigenvalue weighted by Crippen LogP contribution is -2.48. The fraction of sp³-hybridized carbons (Fsp3) is 0.179. The number of anilines is 2. The van der Waals surface area contributed by atoms with Crippen LogP contribution >= 0.6 is 0 Å². The third-order valence-corrected chi connectivity index (χ3v) is 7.91. The monoisotopic (exact) mass is 485 g/mol. The zero-order valence-electron chi connectivity index (χ0n) is 19.5. The summed E-state index contributed by atoms with van der Waals surface area (Å²) in [7, 11) is -3.73. The van der Waals surface area contributed by atoms with Crippen LogP contribution in [0.4, 0.5) is 11.4 Å². The minimum Gasteiger partial charge on any atom is -0.368 e. The van der Waals surface area contributed by atoms with Crippen molar-refractivity contribution in [3.05, 3.63) is 102 Å². The Morgan fingerprint density at radius 3 is 2.17 bits per heavy atom. The first-order valence-corrected chi connectivity index (χ1v) is 13.1. The van der Waals surface area contributed by atoms with Gasteiger partial charge in [-0.1, -0.05) is 54.6 Å². The number of rotatable bonds is 5. The third kappa shape index (κ3) is 4.72. The highest BCUT2D eigenvalue weighted by atomic mass is 32.2. The molecule has 0 bridgehead atoms. The van der Waals surface area contributed by atoms with Gasteiger partial charge in [-0.25, -0.2) is 8.42 Å². The molecule has 6 nitrogen and oxygen atoms in total. The molecule has 0 aliphatic carbocycles. The van der Waals surface area contributed by atoms with E-state index in [1.54, 1.807) is 24.3 Å². The van der Waals surface area contributed by atoms with Crippen LogP contribution in [0.25, 0.3) is 10.8 Å². The maximum atomic E-state index is 13.1. The Hall–Kier alpha value is -3.84. The fourth-order valence-electron chi connectivity index (χ4n) is 4.53. The molecule has 1 heterocycles. The summed E-state index contributed by atoms with van der Waals surface area (Å²) >= 11 is 0. The molecule has 1 aliphatic rings. The Morgan fingerprint density at radius 2 is 1.43 bits per heavy atom. The quantitative estimate of drug-likeness (QED) is 0.436. The van der Waals surface area contributed by atoms with Crippen molar-refractivity contribution in [1.82, 2.24) is 4.90 Å². The smallest absolute Gasteiger partial charge is 0.262 e. The number of sulfonamides is 1. The van der Waals surface area contributed by atoms with Crippen molar-refractivity contribution >= 4 is 38.1 Å². The molecule has 0 spiro atoms. The van der Waals surface area contributed by atoms with E-state index < -0.39 is 10.0 Å². The summed E-state index contributed by atoms with van der Waals surface area (Å²) in [5.41, 5.74) is 3.25. The highest BCUT2D eigenvalue weighted by molar-refractivity contribution is 7.93. The molecule has 178 valence electrons. The summed E-state index contributed by atoms with van der Waals surface area (Å²) in [5.74, 6) is 0.0703. The second-order valence-corrected chi connectivity index (χ2v) is 10.4. The molecule has 4 aromatic carbocycles. The highest BCUT2D eigenvalue weighted by Gasteiger charge is 2.23. The second-order valence-electron chi connectivity index (χ2n) is 8.72. The topological polar surface area (TPSA) is 69.7 Å². The zero-order valence-corrected chi connectivity index (χ0v) is 20.3. The third-order valence-electron chi connectivity index (χ3n) is 6.47. The first kappa shape index (κ1) is 22.9. The summed E-state index contributed by atoms with van der Waals surface area (Å²) in [6, 6.07) is 27.8. The summed E-state index contributed by atoms with van der Waals surface area (Å²) < 4.78 is 28.9. The molecule has 5 rings (SSSR count). The van der Waals surface area contributed by atoms with Gasteiger partial charge < -0.3 is 9.80 Å².